The van der Waals surface area contributed by atoms with Crippen molar-refractivity contribution in [1.29, 1.82) is 0 Å². The molecule has 4 aromatic rings. The quantitative estimate of drug-likeness (QED) is 0.173. The molecule has 0 unspecified atom stereocenters. The molecule has 0 fully saturated rings. The number of hydrogen-bond donors (Lipinski definition) is 0. The second-order valence-electron chi connectivity index (χ2n) is 6.48. The number of nitrogens with zero attached hydrogens (tertiary/aromatic N) is 4. The van der Waals surface area contributed by atoms with E-state index in [0.717, 1.165) is 18.6 Å². The molecule has 0 saturated heterocycles. The Morgan fingerprint density at radius 2 is 0.774 bits per heavy atom. The Labute approximate surface area is 192 Å². The van der Waals surface area contributed by atoms with Crippen molar-refractivity contribution in [3.8, 4) is 0 Å². The van der Waals surface area contributed by atoms with Gasteiger partial charge >= 0.3 is 193 Å². The number of azo groups is 2. The molecule has 0 spiro atoms. The predicted octanol–water partition coefficient (Wildman–Crippen LogP) is 7.55. The molecule has 0 saturated carbocycles. The van der Waals surface area contributed by atoms with Crippen molar-refractivity contribution in [2.75, 3.05) is 0 Å². The van der Waals surface area contributed by atoms with Crippen LogP contribution in [0.1, 0.15) is 0 Å². The molecular weight excluding hydrogens is 543 g/mol. The molecule has 0 N–H and O–H groups in total. The van der Waals surface area contributed by atoms with E-state index in [1.807, 2.05) is 109 Å². The topological polar surface area (TPSA) is 49.4 Å². The molecule has 4 nitrogen and oxygen atoms in total. The van der Waals surface area contributed by atoms with Crippen LogP contribution in [0.15, 0.2) is 130 Å². The third kappa shape index (κ3) is 5.39. The van der Waals surface area contributed by atoms with E-state index in [1.54, 1.807) is 0 Å². The molecule has 4 rings (SSSR count). The van der Waals surface area contributed by atoms with E-state index in [0.29, 0.717) is 11.4 Å². The molecule has 31 heavy (non-hydrogen) atoms. The Balaban J connectivity index is 1.72. The van der Waals surface area contributed by atoms with Crippen LogP contribution < -0.4 is 7.22 Å². The van der Waals surface area contributed by atoms with Crippen molar-refractivity contribution in [3.63, 3.8) is 0 Å². The Morgan fingerprint density at radius 3 is 1.19 bits per heavy atom. The molecule has 0 aliphatic rings. The van der Waals surface area contributed by atoms with Crippen LogP contribution in [-0.2, 0) is 0 Å². The first-order valence-corrected chi connectivity index (χ1v) is 17.7. The van der Waals surface area contributed by atoms with Crippen LogP contribution in [0.3, 0.4) is 0 Å². The molecule has 0 aromatic heterocycles. The molecule has 0 bridgehead atoms. The van der Waals surface area contributed by atoms with E-state index in [1.165, 1.54) is 0 Å². The van der Waals surface area contributed by atoms with Crippen LogP contribution in [0.2, 0.25) is 0 Å². The normalized spacial score (nSPS) is 12.5. The van der Waals surface area contributed by atoms with Crippen molar-refractivity contribution < 1.29 is 0 Å². The summed E-state index contributed by atoms with van der Waals surface area (Å²) in [6.07, 6.45) is 0. The fraction of sp³-hybridized carbons (Fsp3) is 0. The van der Waals surface area contributed by atoms with E-state index in [9.17, 15) is 0 Å². The van der Waals surface area contributed by atoms with Crippen molar-refractivity contribution in [2.24, 2.45) is 20.5 Å². The Kier molecular flexibility index (Phi) is 7.11. The summed E-state index contributed by atoms with van der Waals surface area (Å²) < 4.78 is 1.60. The third-order valence-electron chi connectivity index (χ3n) is 4.34. The van der Waals surface area contributed by atoms with Gasteiger partial charge in [0.1, 0.15) is 0 Å². The van der Waals surface area contributed by atoms with Gasteiger partial charge in [-0.3, -0.25) is 0 Å². The van der Waals surface area contributed by atoms with Gasteiger partial charge in [0.2, 0.25) is 0 Å². The van der Waals surface area contributed by atoms with Crippen LogP contribution in [0, 0.1) is 0 Å². The van der Waals surface area contributed by atoms with Gasteiger partial charge < -0.3 is 0 Å². The first-order valence-electron chi connectivity index (χ1n) is 9.49. The SMILES string of the molecule is Cl[Te](Cl)(c1ccccc1N=Nc1ccccc1)c1ccccc1N=Nc1ccccc1. The van der Waals surface area contributed by atoms with E-state index in [-0.39, 0.29) is 0 Å². The van der Waals surface area contributed by atoms with Crippen LogP contribution in [0.4, 0.5) is 22.7 Å². The summed E-state index contributed by atoms with van der Waals surface area (Å²) in [5, 5.41) is 17.6. The van der Waals surface area contributed by atoms with Crippen LogP contribution >= 0.6 is 17.9 Å². The Morgan fingerprint density at radius 1 is 0.419 bits per heavy atom. The zero-order valence-corrected chi connectivity index (χ0v) is 20.2. The van der Waals surface area contributed by atoms with Gasteiger partial charge in [-0.15, -0.1) is 0 Å². The van der Waals surface area contributed by atoms with Gasteiger partial charge in [0.05, 0.1) is 0 Å². The Bertz CT molecular complexity index is 1120. The van der Waals surface area contributed by atoms with E-state index >= 15 is 0 Å². The molecule has 0 aliphatic carbocycles. The zero-order chi connectivity index (χ0) is 21.5. The predicted molar refractivity (Wildman–Crippen MR) is 131 cm³/mol. The van der Waals surface area contributed by atoms with Gasteiger partial charge in [0.15, 0.2) is 0 Å². The van der Waals surface area contributed by atoms with Gasteiger partial charge in [-0.25, -0.2) is 0 Å². The van der Waals surface area contributed by atoms with Gasteiger partial charge in [-0.2, -0.15) is 0 Å². The summed E-state index contributed by atoms with van der Waals surface area (Å²) in [5.74, 6) is 0. The molecule has 154 valence electrons. The number of halogens is 2. The molecule has 0 amide bonds. The standard InChI is InChI=1S/C24H18Cl2N4Te/c25-31(26,23-17-9-7-15-21(23)29-27-19-11-3-1-4-12-19)24-18-10-8-16-22(24)30-28-20-13-5-2-6-14-20/h1-18H. The maximum absolute atomic E-state index is 7.11. The molecule has 0 heterocycles. The summed E-state index contributed by atoms with van der Waals surface area (Å²) in [5.41, 5.74) is 2.84. The summed E-state index contributed by atoms with van der Waals surface area (Å²) in [6, 6.07) is 34.3. The minimum absolute atomic E-state index is 0.660. The van der Waals surface area contributed by atoms with Crippen molar-refractivity contribution in [3.05, 3.63) is 109 Å². The average Bonchev–Trinajstić information content (AvgIpc) is 2.83. The van der Waals surface area contributed by atoms with Crippen LogP contribution in [0.5, 0.6) is 0 Å². The summed E-state index contributed by atoms with van der Waals surface area (Å²) in [6.45, 7) is 0. The molecule has 0 atom stereocenters. The zero-order valence-electron chi connectivity index (χ0n) is 16.3. The van der Waals surface area contributed by atoms with Crippen molar-refractivity contribution in [1.82, 2.24) is 0 Å². The third-order valence-corrected chi connectivity index (χ3v) is 13.9. The fourth-order valence-corrected chi connectivity index (χ4v) is 10.6. The minimum atomic E-state index is -3.84. The first-order chi connectivity index (χ1) is 15.1. The summed E-state index contributed by atoms with van der Waals surface area (Å²) >= 11 is -3.84. The molecule has 7 heteroatoms. The second-order valence-corrected chi connectivity index (χ2v) is 18.9. The number of benzene rings is 4. The van der Waals surface area contributed by atoms with Crippen molar-refractivity contribution >= 4 is 63.8 Å². The molecule has 0 radical (unpaired) electrons. The van der Waals surface area contributed by atoms with Gasteiger partial charge in [-0.05, 0) is 0 Å². The first kappa shape index (κ1) is 21.7. The average molecular weight is 561 g/mol. The fourth-order valence-electron chi connectivity index (χ4n) is 2.84. The molecule has 0 aliphatic heterocycles. The maximum atomic E-state index is 7.11. The summed E-state index contributed by atoms with van der Waals surface area (Å²) in [7, 11) is 14.2. The molecule has 4 aromatic carbocycles. The number of hydrogen-bond acceptors (Lipinski definition) is 4. The van der Waals surface area contributed by atoms with Gasteiger partial charge in [0, 0.05) is 0 Å². The Hall–Kier alpha value is -2.55. The van der Waals surface area contributed by atoms with Crippen LogP contribution in [-0.4, -0.2) is 15.9 Å². The van der Waals surface area contributed by atoms with E-state index in [4.69, 9.17) is 17.9 Å². The second kappa shape index (κ2) is 10.2. The van der Waals surface area contributed by atoms with Gasteiger partial charge in [0.25, 0.3) is 0 Å². The summed E-state index contributed by atoms with van der Waals surface area (Å²) in [4.78, 5) is 0. The number of rotatable bonds is 6. The monoisotopic (exact) mass is 562 g/mol. The molecular formula is C24H18Cl2N4Te. The van der Waals surface area contributed by atoms with Crippen molar-refractivity contribution in [2.45, 2.75) is 0 Å². The van der Waals surface area contributed by atoms with Crippen LogP contribution in [0.25, 0.3) is 0 Å². The van der Waals surface area contributed by atoms with Gasteiger partial charge in [-0.1, -0.05) is 0 Å². The van der Waals surface area contributed by atoms with E-state index < -0.39 is 15.9 Å². The van der Waals surface area contributed by atoms with E-state index in [2.05, 4.69) is 20.5 Å².